The van der Waals surface area contributed by atoms with E-state index in [-0.39, 0.29) is 18.9 Å². The molecule has 0 amide bonds. The molecule has 0 aliphatic heterocycles. The van der Waals surface area contributed by atoms with E-state index in [9.17, 15) is 0 Å². The van der Waals surface area contributed by atoms with Crippen molar-refractivity contribution in [2.75, 3.05) is 0 Å². The zero-order valence-corrected chi connectivity index (χ0v) is 3.64. The molecular formula is C4H3LiO. The van der Waals surface area contributed by atoms with Crippen molar-refractivity contribution in [2.45, 2.75) is 0 Å². The van der Waals surface area contributed by atoms with Gasteiger partial charge in [-0.25, -0.2) is 0 Å². The summed E-state index contributed by atoms with van der Waals surface area (Å²) in [5.41, 5.74) is 0. The van der Waals surface area contributed by atoms with Crippen LogP contribution in [0.1, 0.15) is 0 Å². The fourth-order valence-corrected chi connectivity index (χ4v) is 0.196. The van der Waals surface area contributed by atoms with Crippen LogP contribution in [0.25, 0.3) is 0 Å². The number of hydrogen-bond acceptors (Lipinski definition) is 1. The van der Waals surface area contributed by atoms with Crippen LogP contribution in [0.5, 0.6) is 0 Å². The minimum Gasteiger partial charge on any atom is -0.599 e. The molecule has 0 atom stereocenters. The third-order valence-corrected chi connectivity index (χ3v) is 0.379. The first-order valence-electron chi connectivity index (χ1n) is 1.40. The van der Waals surface area contributed by atoms with E-state index in [0.717, 1.165) is 0 Å². The minimum atomic E-state index is 0. The van der Waals surface area contributed by atoms with Gasteiger partial charge in [0.2, 0.25) is 0 Å². The molecule has 0 N–H and O–H groups in total. The van der Waals surface area contributed by atoms with E-state index in [1.54, 1.807) is 18.4 Å². The molecule has 0 aliphatic rings. The molecule has 2 heteroatoms. The van der Waals surface area contributed by atoms with Gasteiger partial charge in [0, 0.05) is 0 Å². The number of furan rings is 1. The Bertz CT molecular complexity index is 64.0. The zero-order valence-electron chi connectivity index (χ0n) is 3.64. The third kappa shape index (κ3) is 1.35. The zero-order chi connectivity index (χ0) is 3.54. The Hall–Kier alpha value is -0.123. The summed E-state index contributed by atoms with van der Waals surface area (Å²) >= 11 is 0. The Morgan fingerprint density at radius 1 is 1.50 bits per heavy atom. The van der Waals surface area contributed by atoms with Crippen LogP contribution in [-0.2, 0) is 0 Å². The molecule has 0 saturated carbocycles. The predicted molar refractivity (Wildman–Crippen MR) is 17.5 cm³/mol. The molecule has 0 saturated heterocycles. The molecule has 0 spiro atoms. The fourth-order valence-electron chi connectivity index (χ4n) is 0.196. The van der Waals surface area contributed by atoms with Gasteiger partial charge in [-0.1, -0.05) is 6.26 Å². The normalized spacial score (nSPS) is 6.67. The number of hydrogen-bond donors (Lipinski definition) is 0. The second-order valence-electron chi connectivity index (χ2n) is 0.731. The van der Waals surface area contributed by atoms with Crippen LogP contribution in [0, 0.1) is 6.26 Å². The first kappa shape index (κ1) is 5.88. The SMILES string of the molecule is [Li+].[c-]1ccco1. The molecule has 0 bridgehead atoms. The smallest absolute Gasteiger partial charge is 0.599 e. The molecule has 1 heterocycles. The molecule has 1 aromatic rings. The van der Waals surface area contributed by atoms with Gasteiger partial charge in [0.1, 0.15) is 0 Å². The van der Waals surface area contributed by atoms with Gasteiger partial charge in [-0.3, -0.25) is 0 Å². The molecule has 0 unspecified atom stereocenters. The van der Waals surface area contributed by atoms with Crippen molar-refractivity contribution in [1.82, 2.24) is 0 Å². The molecule has 6 heavy (non-hydrogen) atoms. The van der Waals surface area contributed by atoms with Crippen LogP contribution < -0.4 is 18.9 Å². The van der Waals surface area contributed by atoms with Gasteiger partial charge in [0.25, 0.3) is 0 Å². The van der Waals surface area contributed by atoms with E-state index in [1.165, 1.54) is 0 Å². The molecule has 1 nitrogen and oxygen atoms in total. The van der Waals surface area contributed by atoms with Crippen LogP contribution in [0.2, 0.25) is 0 Å². The predicted octanol–water partition coefficient (Wildman–Crippen LogP) is -1.92. The first-order chi connectivity index (χ1) is 2.50. The van der Waals surface area contributed by atoms with Crippen molar-refractivity contribution in [2.24, 2.45) is 0 Å². The van der Waals surface area contributed by atoms with E-state index in [1.807, 2.05) is 0 Å². The van der Waals surface area contributed by atoms with Crippen molar-refractivity contribution in [3.05, 3.63) is 24.7 Å². The first-order valence-corrected chi connectivity index (χ1v) is 1.40. The monoisotopic (exact) mass is 74.0 g/mol. The van der Waals surface area contributed by atoms with E-state index in [0.29, 0.717) is 0 Å². The van der Waals surface area contributed by atoms with Crippen molar-refractivity contribution < 1.29 is 23.3 Å². The van der Waals surface area contributed by atoms with Crippen LogP contribution in [-0.4, -0.2) is 0 Å². The maximum Gasteiger partial charge on any atom is 1.00 e. The topological polar surface area (TPSA) is 13.1 Å². The second kappa shape index (κ2) is 3.08. The largest absolute Gasteiger partial charge is 1.00 e. The van der Waals surface area contributed by atoms with E-state index < -0.39 is 0 Å². The Balaban J connectivity index is 0.000000250. The summed E-state index contributed by atoms with van der Waals surface area (Å²) in [6.45, 7) is 0. The van der Waals surface area contributed by atoms with Crippen molar-refractivity contribution in [3.8, 4) is 0 Å². The summed E-state index contributed by atoms with van der Waals surface area (Å²) < 4.78 is 4.46. The fraction of sp³-hybridized carbons (Fsp3) is 0. The molecule has 0 radical (unpaired) electrons. The van der Waals surface area contributed by atoms with Crippen molar-refractivity contribution in [3.63, 3.8) is 0 Å². The number of rotatable bonds is 0. The molecule has 0 aliphatic carbocycles. The van der Waals surface area contributed by atoms with Crippen LogP contribution in [0.4, 0.5) is 0 Å². The average molecular weight is 74.0 g/mol. The van der Waals surface area contributed by atoms with Crippen LogP contribution in [0.15, 0.2) is 22.8 Å². The van der Waals surface area contributed by atoms with Gasteiger partial charge in [-0.2, -0.15) is 6.07 Å². The maximum absolute atomic E-state index is 4.46. The van der Waals surface area contributed by atoms with Gasteiger partial charge in [-0.05, 0) is 6.26 Å². The quantitative estimate of drug-likeness (QED) is 0.258. The minimum absolute atomic E-state index is 0. The summed E-state index contributed by atoms with van der Waals surface area (Å²) in [7, 11) is 0. The Kier molecular flexibility index (Phi) is 3.02. The van der Waals surface area contributed by atoms with Crippen molar-refractivity contribution in [1.29, 1.82) is 0 Å². The third-order valence-electron chi connectivity index (χ3n) is 0.379. The standard InChI is InChI=1S/C4H3O.Li/c1-2-4-5-3-1;/h1-3H;/q-1;+1. The van der Waals surface area contributed by atoms with Gasteiger partial charge < -0.3 is 4.42 Å². The van der Waals surface area contributed by atoms with Gasteiger partial charge in [0.15, 0.2) is 0 Å². The summed E-state index contributed by atoms with van der Waals surface area (Å²) in [5, 5.41) is 0. The van der Waals surface area contributed by atoms with Crippen LogP contribution >= 0.6 is 0 Å². The Morgan fingerprint density at radius 3 is 2.50 bits per heavy atom. The van der Waals surface area contributed by atoms with Gasteiger partial charge in [0.05, 0.1) is 0 Å². The molecule has 1 aromatic heterocycles. The molecule has 1 rings (SSSR count). The van der Waals surface area contributed by atoms with Crippen molar-refractivity contribution >= 4 is 0 Å². The van der Waals surface area contributed by atoms with Crippen LogP contribution in [0.3, 0.4) is 0 Å². The second-order valence-corrected chi connectivity index (χ2v) is 0.731. The average Bonchev–Trinajstić information content (AvgIpc) is 1.76. The summed E-state index contributed by atoms with van der Waals surface area (Å²) in [6, 6.07) is 3.49. The molecule has 0 aromatic carbocycles. The summed E-state index contributed by atoms with van der Waals surface area (Å²) in [6.07, 6.45) is 4.06. The van der Waals surface area contributed by atoms with Gasteiger partial charge in [-0.15, -0.1) is 6.07 Å². The molecule has 0 fully saturated rings. The summed E-state index contributed by atoms with van der Waals surface area (Å²) in [5.74, 6) is 0. The molecule has 26 valence electrons. The maximum atomic E-state index is 4.46. The van der Waals surface area contributed by atoms with Gasteiger partial charge >= 0.3 is 18.9 Å². The molecular weight excluding hydrogens is 71.0 g/mol. The summed E-state index contributed by atoms with van der Waals surface area (Å²) in [4.78, 5) is 0. The Morgan fingerprint density at radius 2 is 2.33 bits per heavy atom. The van der Waals surface area contributed by atoms with E-state index >= 15 is 0 Å². The van der Waals surface area contributed by atoms with E-state index in [4.69, 9.17) is 0 Å². The van der Waals surface area contributed by atoms with E-state index in [2.05, 4.69) is 10.7 Å². The Labute approximate surface area is 48.5 Å².